The maximum atomic E-state index is 12.0. The predicted octanol–water partition coefficient (Wildman–Crippen LogP) is 3.45. The fraction of sp³-hybridized carbons (Fsp3) is 0.278. The molecule has 0 aliphatic heterocycles. The van der Waals surface area contributed by atoms with Gasteiger partial charge in [0.15, 0.2) is 5.78 Å². The van der Waals surface area contributed by atoms with Gasteiger partial charge in [-0.05, 0) is 36.6 Å². The van der Waals surface area contributed by atoms with Gasteiger partial charge < -0.3 is 5.32 Å². The Bertz CT molecular complexity index is 659. The number of pyridine rings is 1. The average molecular weight is 331 g/mol. The van der Waals surface area contributed by atoms with Gasteiger partial charge in [-0.25, -0.2) is 0 Å². The highest BCUT2D eigenvalue weighted by atomic mass is 35.5. The highest BCUT2D eigenvalue weighted by Gasteiger charge is 2.11. The highest BCUT2D eigenvalue weighted by Crippen LogP contribution is 2.17. The molecule has 0 radical (unpaired) electrons. The number of Topliss-reactive ketones (excluding diaryl/α,β-unsaturated/α-hetero) is 1. The van der Waals surface area contributed by atoms with Crippen LogP contribution in [-0.2, 0) is 11.2 Å². The van der Waals surface area contributed by atoms with Crippen LogP contribution in [0.25, 0.3) is 0 Å². The van der Waals surface area contributed by atoms with Crippen molar-refractivity contribution in [3.8, 4) is 0 Å². The van der Waals surface area contributed by atoms with Crippen LogP contribution in [0, 0.1) is 0 Å². The van der Waals surface area contributed by atoms with E-state index in [4.69, 9.17) is 11.6 Å². The summed E-state index contributed by atoms with van der Waals surface area (Å²) >= 11 is 5.97. The SMILES string of the molecule is O=C(CCC(=O)c1ccccc1Cl)NCCCc1cccnc1. The first-order chi connectivity index (χ1) is 11.2. The van der Waals surface area contributed by atoms with Crippen molar-refractivity contribution < 1.29 is 9.59 Å². The van der Waals surface area contributed by atoms with Crippen molar-refractivity contribution in [2.45, 2.75) is 25.7 Å². The first-order valence-corrected chi connectivity index (χ1v) is 7.98. The summed E-state index contributed by atoms with van der Waals surface area (Å²) in [5.74, 6) is -0.224. The minimum atomic E-state index is -0.114. The summed E-state index contributed by atoms with van der Waals surface area (Å²) in [6.45, 7) is 0.591. The van der Waals surface area contributed by atoms with Gasteiger partial charge in [0.2, 0.25) is 5.91 Å². The van der Waals surface area contributed by atoms with E-state index in [2.05, 4.69) is 10.3 Å². The third-order valence-electron chi connectivity index (χ3n) is 3.44. The molecule has 0 unspecified atom stereocenters. The standard InChI is InChI=1S/C18H19ClN2O2/c19-16-8-2-1-7-15(16)17(22)9-10-18(23)21-12-4-6-14-5-3-11-20-13-14/h1-3,5,7-8,11,13H,4,6,9-10,12H2,(H,21,23). The van der Waals surface area contributed by atoms with Crippen LogP contribution in [0.2, 0.25) is 5.02 Å². The number of aromatic nitrogens is 1. The lowest BCUT2D eigenvalue weighted by Crippen LogP contribution is -2.25. The van der Waals surface area contributed by atoms with Crippen LogP contribution in [0.3, 0.4) is 0 Å². The first kappa shape index (κ1) is 17.2. The Morgan fingerprint density at radius 3 is 2.65 bits per heavy atom. The zero-order valence-electron chi connectivity index (χ0n) is 12.8. The third-order valence-corrected chi connectivity index (χ3v) is 3.77. The number of hydrogen-bond donors (Lipinski definition) is 1. The van der Waals surface area contributed by atoms with E-state index in [1.807, 2.05) is 18.3 Å². The molecule has 4 nitrogen and oxygen atoms in total. The van der Waals surface area contributed by atoms with E-state index in [9.17, 15) is 9.59 Å². The predicted molar refractivity (Wildman–Crippen MR) is 90.6 cm³/mol. The van der Waals surface area contributed by atoms with E-state index >= 15 is 0 Å². The van der Waals surface area contributed by atoms with Crippen molar-refractivity contribution >= 4 is 23.3 Å². The van der Waals surface area contributed by atoms with Crippen molar-refractivity contribution in [1.29, 1.82) is 0 Å². The molecule has 0 saturated heterocycles. The van der Waals surface area contributed by atoms with Gasteiger partial charge in [0.25, 0.3) is 0 Å². The normalized spacial score (nSPS) is 10.3. The van der Waals surface area contributed by atoms with E-state index in [-0.39, 0.29) is 24.5 Å². The summed E-state index contributed by atoms with van der Waals surface area (Å²) in [5.41, 5.74) is 1.62. The molecule has 0 fully saturated rings. The van der Waals surface area contributed by atoms with Crippen molar-refractivity contribution in [3.63, 3.8) is 0 Å². The lowest BCUT2D eigenvalue weighted by molar-refractivity contribution is -0.121. The molecular formula is C18H19ClN2O2. The molecule has 0 aliphatic carbocycles. The number of nitrogens with zero attached hydrogens (tertiary/aromatic N) is 1. The van der Waals surface area contributed by atoms with E-state index in [1.54, 1.807) is 30.5 Å². The van der Waals surface area contributed by atoms with Crippen molar-refractivity contribution in [2.75, 3.05) is 6.54 Å². The summed E-state index contributed by atoms with van der Waals surface area (Å²) < 4.78 is 0. The summed E-state index contributed by atoms with van der Waals surface area (Å²) in [4.78, 5) is 27.8. The van der Waals surface area contributed by atoms with Gasteiger partial charge in [-0.2, -0.15) is 0 Å². The van der Waals surface area contributed by atoms with Gasteiger partial charge in [0.05, 0.1) is 5.02 Å². The highest BCUT2D eigenvalue weighted by molar-refractivity contribution is 6.34. The second-order valence-electron chi connectivity index (χ2n) is 5.22. The van der Waals surface area contributed by atoms with E-state index in [0.29, 0.717) is 17.1 Å². The maximum absolute atomic E-state index is 12.0. The zero-order valence-corrected chi connectivity index (χ0v) is 13.6. The van der Waals surface area contributed by atoms with E-state index < -0.39 is 0 Å². The quantitative estimate of drug-likeness (QED) is 0.595. The molecule has 1 aromatic carbocycles. The van der Waals surface area contributed by atoms with Crippen LogP contribution in [-0.4, -0.2) is 23.2 Å². The molecule has 0 aliphatic rings. The Morgan fingerprint density at radius 2 is 1.91 bits per heavy atom. The topological polar surface area (TPSA) is 59.1 Å². The Labute approximate surface area is 140 Å². The number of carbonyl (C=O) groups excluding carboxylic acids is 2. The van der Waals surface area contributed by atoms with Crippen molar-refractivity contribution in [2.24, 2.45) is 0 Å². The van der Waals surface area contributed by atoms with Gasteiger partial charge in [-0.15, -0.1) is 0 Å². The molecule has 120 valence electrons. The molecule has 1 aromatic heterocycles. The monoisotopic (exact) mass is 330 g/mol. The number of ketones is 1. The molecular weight excluding hydrogens is 312 g/mol. The molecule has 23 heavy (non-hydrogen) atoms. The molecule has 2 aromatic rings. The lowest BCUT2D eigenvalue weighted by atomic mass is 10.1. The molecule has 0 atom stereocenters. The third kappa shape index (κ3) is 5.83. The average Bonchev–Trinajstić information content (AvgIpc) is 2.58. The number of aryl methyl sites for hydroxylation is 1. The number of halogens is 1. The number of hydrogen-bond acceptors (Lipinski definition) is 3. The van der Waals surface area contributed by atoms with E-state index in [1.165, 1.54) is 0 Å². The molecule has 1 N–H and O–H groups in total. The van der Waals surface area contributed by atoms with Gasteiger partial charge >= 0.3 is 0 Å². The minimum absolute atomic E-state index is 0.110. The number of nitrogens with one attached hydrogen (secondary N) is 1. The molecule has 0 spiro atoms. The molecule has 1 heterocycles. The Hall–Kier alpha value is -2.20. The lowest BCUT2D eigenvalue weighted by Gasteiger charge is -2.06. The Balaban J connectivity index is 1.65. The molecule has 1 amide bonds. The molecule has 0 saturated carbocycles. The molecule has 5 heteroatoms. The number of rotatable bonds is 8. The van der Waals surface area contributed by atoms with E-state index in [0.717, 1.165) is 18.4 Å². The van der Waals surface area contributed by atoms with Crippen LogP contribution in [0.4, 0.5) is 0 Å². The van der Waals surface area contributed by atoms with Crippen LogP contribution >= 0.6 is 11.6 Å². The van der Waals surface area contributed by atoms with Crippen LogP contribution in [0.5, 0.6) is 0 Å². The second-order valence-corrected chi connectivity index (χ2v) is 5.63. The summed E-state index contributed by atoms with van der Waals surface area (Å²) in [6, 6.07) is 10.8. The molecule has 2 rings (SSSR count). The largest absolute Gasteiger partial charge is 0.356 e. The molecule has 0 bridgehead atoms. The first-order valence-electron chi connectivity index (χ1n) is 7.60. The fourth-order valence-corrected chi connectivity index (χ4v) is 2.44. The number of benzene rings is 1. The van der Waals surface area contributed by atoms with Crippen LogP contribution in [0.15, 0.2) is 48.8 Å². The van der Waals surface area contributed by atoms with Gasteiger partial charge in [-0.1, -0.05) is 29.8 Å². The Morgan fingerprint density at radius 1 is 1.09 bits per heavy atom. The maximum Gasteiger partial charge on any atom is 0.220 e. The van der Waals surface area contributed by atoms with Crippen LogP contribution < -0.4 is 5.32 Å². The summed E-state index contributed by atoms with van der Waals surface area (Å²) in [7, 11) is 0. The van der Waals surface area contributed by atoms with Crippen molar-refractivity contribution in [3.05, 3.63) is 64.9 Å². The smallest absolute Gasteiger partial charge is 0.220 e. The van der Waals surface area contributed by atoms with Gasteiger partial charge in [-0.3, -0.25) is 14.6 Å². The van der Waals surface area contributed by atoms with Crippen LogP contribution in [0.1, 0.15) is 35.2 Å². The van der Waals surface area contributed by atoms with Crippen molar-refractivity contribution in [1.82, 2.24) is 10.3 Å². The van der Waals surface area contributed by atoms with Gasteiger partial charge in [0, 0.05) is 37.3 Å². The summed E-state index contributed by atoms with van der Waals surface area (Å²) in [6.07, 6.45) is 5.61. The minimum Gasteiger partial charge on any atom is -0.356 e. The Kier molecular flexibility index (Phi) is 6.76. The number of carbonyl (C=O) groups is 2. The van der Waals surface area contributed by atoms with Gasteiger partial charge in [0.1, 0.15) is 0 Å². The summed E-state index contributed by atoms with van der Waals surface area (Å²) in [5, 5.41) is 3.26. The number of amides is 1. The second kappa shape index (κ2) is 9.06. The zero-order chi connectivity index (χ0) is 16.5. The fourth-order valence-electron chi connectivity index (χ4n) is 2.20.